The van der Waals surface area contributed by atoms with Crippen molar-refractivity contribution in [2.75, 3.05) is 45.8 Å². The maximum Gasteiger partial charge on any atom is 0.239 e. The lowest BCUT2D eigenvalue weighted by atomic mass is 10.1. The summed E-state index contributed by atoms with van der Waals surface area (Å²) in [5, 5.41) is 12.0. The zero-order valence-electron chi connectivity index (χ0n) is 25.2. The molecule has 2 unspecified atom stereocenters. The van der Waals surface area contributed by atoms with Gasteiger partial charge in [0.2, 0.25) is 53.2 Å². The van der Waals surface area contributed by atoms with Crippen LogP contribution < -0.4 is 26.6 Å². The summed E-state index contributed by atoms with van der Waals surface area (Å²) in [6.07, 6.45) is 0.548. The summed E-state index contributed by atoms with van der Waals surface area (Å²) >= 11 is 0. The van der Waals surface area contributed by atoms with Crippen molar-refractivity contribution in [1.29, 1.82) is 0 Å². The molecule has 2 atom stereocenters. The van der Waals surface area contributed by atoms with E-state index in [1.807, 2.05) is 13.8 Å². The van der Waals surface area contributed by atoms with E-state index in [1.54, 1.807) is 13.8 Å². The van der Waals surface area contributed by atoms with Gasteiger partial charge in [0.15, 0.2) is 0 Å². The Morgan fingerprint density at radius 2 is 0.977 bits per heavy atom. The molecule has 5 N–H and O–H groups in total. The SMILES string of the molecule is CC.CC1CC(=O)N(CCCC(=O)NCC(=O)NCC(=O)NCC(=O)NCCC(=O)NCCN2C(=O)CC(C)C2=O)C1=O. The van der Waals surface area contributed by atoms with Gasteiger partial charge in [-0.1, -0.05) is 27.7 Å². The number of nitrogens with zero attached hydrogens (tertiary/aromatic N) is 2. The quantitative estimate of drug-likeness (QED) is 0.117. The van der Waals surface area contributed by atoms with E-state index in [1.165, 1.54) is 0 Å². The lowest BCUT2D eigenvalue weighted by molar-refractivity contribution is -0.140. The molecule has 0 aromatic carbocycles. The smallest absolute Gasteiger partial charge is 0.239 e. The first-order valence-corrected chi connectivity index (χ1v) is 14.4. The van der Waals surface area contributed by atoms with E-state index >= 15 is 0 Å². The van der Waals surface area contributed by atoms with Crippen LogP contribution in [0.4, 0.5) is 0 Å². The van der Waals surface area contributed by atoms with Crippen LogP contribution in [0.1, 0.15) is 59.8 Å². The minimum atomic E-state index is -0.646. The summed E-state index contributed by atoms with van der Waals surface area (Å²) in [6, 6.07) is 0. The molecule has 2 fully saturated rings. The van der Waals surface area contributed by atoms with Gasteiger partial charge in [-0.15, -0.1) is 0 Å². The Balaban J connectivity index is 0.00000452. The molecule has 0 aromatic heterocycles. The van der Waals surface area contributed by atoms with Crippen molar-refractivity contribution in [2.45, 2.75) is 59.8 Å². The normalized spacial score (nSPS) is 17.7. The molecule has 2 aliphatic heterocycles. The zero-order valence-corrected chi connectivity index (χ0v) is 25.2. The second kappa shape index (κ2) is 18.9. The summed E-state index contributed by atoms with van der Waals surface area (Å²) in [4.78, 5) is 109. The highest BCUT2D eigenvalue weighted by atomic mass is 16.2. The van der Waals surface area contributed by atoms with Crippen LogP contribution in [0.2, 0.25) is 0 Å². The average Bonchev–Trinajstić information content (AvgIpc) is 3.36. The van der Waals surface area contributed by atoms with Crippen LogP contribution in [-0.2, 0) is 43.2 Å². The Morgan fingerprint density at radius 3 is 1.44 bits per heavy atom. The molecule has 2 saturated heterocycles. The van der Waals surface area contributed by atoms with E-state index in [2.05, 4.69) is 26.6 Å². The predicted molar refractivity (Wildman–Crippen MR) is 151 cm³/mol. The van der Waals surface area contributed by atoms with E-state index in [9.17, 15) is 43.2 Å². The van der Waals surface area contributed by atoms with Crippen molar-refractivity contribution in [3.05, 3.63) is 0 Å². The van der Waals surface area contributed by atoms with Crippen molar-refractivity contribution in [3.63, 3.8) is 0 Å². The number of hydrogen-bond donors (Lipinski definition) is 5. The van der Waals surface area contributed by atoms with Gasteiger partial charge in [0.1, 0.15) is 0 Å². The summed E-state index contributed by atoms with van der Waals surface area (Å²) < 4.78 is 0. The van der Waals surface area contributed by atoms with Crippen LogP contribution >= 0.6 is 0 Å². The largest absolute Gasteiger partial charge is 0.354 e. The van der Waals surface area contributed by atoms with Crippen molar-refractivity contribution in [1.82, 2.24) is 36.4 Å². The monoisotopic (exact) mass is 609 g/mol. The fourth-order valence-corrected chi connectivity index (χ4v) is 4.09. The molecular weight excluding hydrogens is 566 g/mol. The van der Waals surface area contributed by atoms with Gasteiger partial charge in [-0.25, -0.2) is 0 Å². The molecule has 2 heterocycles. The van der Waals surface area contributed by atoms with Gasteiger partial charge in [-0.2, -0.15) is 0 Å². The first kappa shape index (κ1) is 36.7. The van der Waals surface area contributed by atoms with Gasteiger partial charge in [-0.3, -0.25) is 53.0 Å². The Labute approximate surface area is 250 Å². The van der Waals surface area contributed by atoms with Gasteiger partial charge in [0, 0.05) is 63.7 Å². The Kier molecular flexibility index (Phi) is 16.1. The third-order valence-corrected chi connectivity index (χ3v) is 6.39. The van der Waals surface area contributed by atoms with Crippen LogP contribution in [-0.4, -0.2) is 109 Å². The summed E-state index contributed by atoms with van der Waals surface area (Å²) in [7, 11) is 0. The maximum atomic E-state index is 11.9. The van der Waals surface area contributed by atoms with Crippen LogP contribution in [0.25, 0.3) is 0 Å². The number of rotatable bonds is 16. The molecule has 2 aliphatic rings. The maximum absolute atomic E-state index is 11.9. The van der Waals surface area contributed by atoms with Crippen LogP contribution in [0, 0.1) is 11.8 Å². The molecule has 0 aromatic rings. The van der Waals surface area contributed by atoms with Gasteiger partial charge < -0.3 is 26.6 Å². The van der Waals surface area contributed by atoms with Crippen molar-refractivity contribution in [2.24, 2.45) is 11.8 Å². The van der Waals surface area contributed by atoms with Gasteiger partial charge in [-0.05, 0) is 6.42 Å². The van der Waals surface area contributed by atoms with E-state index < -0.39 is 30.2 Å². The summed E-state index contributed by atoms with van der Waals surface area (Å²) in [5.41, 5.74) is 0. The number of amides is 9. The first-order chi connectivity index (χ1) is 20.4. The standard InChI is InChI=1S/C25H37N7O9.C2H6/c1-15-10-22(38)31(24(15)40)8-3-4-17(33)28-13-20(36)30-14-21(37)29-12-19(35)26-6-5-18(34)27-7-9-32-23(39)11-16(2)25(32)41;1-2/h15-16H,3-14H2,1-2H3,(H,26,35)(H,27,34)(H,28,33)(H,29,37)(H,30,36);1-2H3. The van der Waals surface area contributed by atoms with Crippen LogP contribution in [0.3, 0.4) is 0 Å². The van der Waals surface area contributed by atoms with Gasteiger partial charge >= 0.3 is 0 Å². The number of carbonyl (C=O) groups is 9. The molecule has 0 aliphatic carbocycles. The number of hydrogen-bond acceptors (Lipinski definition) is 9. The van der Waals surface area contributed by atoms with Crippen molar-refractivity contribution >= 4 is 53.2 Å². The summed E-state index contributed by atoms with van der Waals surface area (Å²) in [6.45, 7) is 6.46. The van der Waals surface area contributed by atoms with E-state index in [0.29, 0.717) is 0 Å². The lowest BCUT2D eigenvalue weighted by Crippen LogP contribution is -2.44. The molecule has 43 heavy (non-hydrogen) atoms. The second-order valence-electron chi connectivity index (χ2n) is 9.86. The van der Waals surface area contributed by atoms with Crippen LogP contribution in [0.5, 0.6) is 0 Å². The van der Waals surface area contributed by atoms with Crippen LogP contribution in [0.15, 0.2) is 0 Å². The molecule has 16 nitrogen and oxygen atoms in total. The highest BCUT2D eigenvalue weighted by molar-refractivity contribution is 6.04. The molecule has 9 amide bonds. The Bertz CT molecular complexity index is 1080. The van der Waals surface area contributed by atoms with E-state index in [4.69, 9.17) is 0 Å². The third kappa shape index (κ3) is 13.0. The van der Waals surface area contributed by atoms with Gasteiger partial charge in [0.05, 0.1) is 19.6 Å². The molecule has 0 saturated carbocycles. The molecule has 2 rings (SSSR count). The number of carbonyl (C=O) groups excluding carboxylic acids is 9. The fraction of sp³-hybridized carbons (Fsp3) is 0.667. The Hall–Kier alpha value is -4.37. The molecule has 0 spiro atoms. The fourth-order valence-electron chi connectivity index (χ4n) is 4.09. The van der Waals surface area contributed by atoms with E-state index in [-0.39, 0.29) is 113 Å². The summed E-state index contributed by atoms with van der Waals surface area (Å²) in [5.74, 6) is -4.43. The second-order valence-corrected chi connectivity index (χ2v) is 9.86. The van der Waals surface area contributed by atoms with E-state index in [0.717, 1.165) is 9.80 Å². The van der Waals surface area contributed by atoms with Crippen molar-refractivity contribution in [3.8, 4) is 0 Å². The average molecular weight is 610 g/mol. The van der Waals surface area contributed by atoms with Crippen molar-refractivity contribution < 1.29 is 43.2 Å². The number of nitrogens with one attached hydrogen (secondary N) is 5. The lowest BCUT2D eigenvalue weighted by Gasteiger charge is -2.14. The number of likely N-dealkylation sites (tertiary alicyclic amines) is 2. The highest BCUT2D eigenvalue weighted by Gasteiger charge is 2.35. The van der Waals surface area contributed by atoms with Gasteiger partial charge in [0.25, 0.3) is 0 Å². The topological polar surface area (TPSA) is 220 Å². The highest BCUT2D eigenvalue weighted by Crippen LogP contribution is 2.19. The predicted octanol–water partition coefficient (Wildman–Crippen LogP) is -2.45. The minimum Gasteiger partial charge on any atom is -0.354 e. The molecular formula is C27H43N7O9. The molecule has 240 valence electrons. The minimum absolute atomic E-state index is 0.000645. The molecule has 16 heteroatoms. The third-order valence-electron chi connectivity index (χ3n) is 6.39. The molecule has 0 radical (unpaired) electrons. The Morgan fingerprint density at radius 1 is 0.581 bits per heavy atom. The first-order valence-electron chi connectivity index (χ1n) is 14.4. The number of imide groups is 2. The zero-order chi connectivity index (χ0) is 32.5. The molecule has 0 bridgehead atoms.